The molecule has 8 nitrogen and oxygen atoms in total. The molecule has 28 heavy (non-hydrogen) atoms. The molecule has 0 radical (unpaired) electrons. The van der Waals surface area contributed by atoms with Crippen LogP contribution in [0.5, 0.6) is 5.88 Å². The van der Waals surface area contributed by atoms with Crippen LogP contribution in [-0.2, 0) is 51.8 Å². The maximum atomic E-state index is 12.6. The molecule has 2 heterocycles. The van der Waals surface area contributed by atoms with E-state index in [2.05, 4.69) is 20.8 Å². The monoisotopic (exact) mass is 401 g/mol. The summed E-state index contributed by atoms with van der Waals surface area (Å²) in [7, 11) is -0.290. The van der Waals surface area contributed by atoms with Gasteiger partial charge in [0.25, 0.3) is 0 Å². The Labute approximate surface area is 164 Å². The molecule has 1 aromatic heterocycles. The smallest absolute Gasteiger partial charge is 0.322 e. The Balaban J connectivity index is 1.38. The fourth-order valence-electron chi connectivity index (χ4n) is 4.24. The molecule has 3 aliphatic rings. The number of nitrogens with zero attached hydrogens (tertiary/aromatic N) is 3. The summed E-state index contributed by atoms with van der Waals surface area (Å²) in [6.45, 7) is 0.937. The summed E-state index contributed by atoms with van der Waals surface area (Å²) in [5, 5.41) is 7.08. The van der Waals surface area contributed by atoms with E-state index in [1.807, 2.05) is 0 Å². The van der Waals surface area contributed by atoms with Gasteiger partial charge in [-0.25, -0.2) is 9.48 Å². The maximum absolute atomic E-state index is 12.6. The molecule has 5 rings (SSSR count). The van der Waals surface area contributed by atoms with Crippen LogP contribution in [-0.4, -0.2) is 35.6 Å². The topological polar surface area (TPSA) is 94.8 Å². The van der Waals surface area contributed by atoms with Crippen LogP contribution in [0, 0.1) is 0 Å². The van der Waals surface area contributed by atoms with Crippen molar-refractivity contribution in [1.82, 2.24) is 9.78 Å². The molecule has 0 saturated carbocycles. The number of carbonyl (C=O) groups excluding carboxylic acids is 1. The second kappa shape index (κ2) is 6.89. The Hall–Kier alpha value is -2.39. The van der Waals surface area contributed by atoms with E-state index < -0.39 is 16.6 Å². The number of hydrogen-bond donors (Lipinski definition) is 1. The van der Waals surface area contributed by atoms with Crippen LogP contribution in [0.4, 0.5) is 10.5 Å². The minimum atomic E-state index is -1.89. The highest BCUT2D eigenvalue weighted by Gasteiger charge is 2.27. The number of amides is 2. The number of ether oxygens (including phenoxy) is 2. The summed E-state index contributed by atoms with van der Waals surface area (Å²) in [6, 6.07) is 1.68. The van der Waals surface area contributed by atoms with Crippen molar-refractivity contribution >= 4 is 22.3 Å². The van der Waals surface area contributed by atoms with Gasteiger partial charge in [-0.3, -0.25) is 0 Å². The molecule has 9 heteroatoms. The van der Waals surface area contributed by atoms with Crippen molar-refractivity contribution in [2.75, 3.05) is 19.0 Å². The zero-order valence-electron chi connectivity index (χ0n) is 15.6. The van der Waals surface area contributed by atoms with E-state index in [1.165, 1.54) is 28.5 Å². The number of benzene rings is 1. The number of nitrogens with one attached hydrogen (secondary N) is 1. The van der Waals surface area contributed by atoms with Crippen LogP contribution >= 0.6 is 0 Å². The quantitative estimate of drug-likeness (QED) is 0.795. The highest BCUT2D eigenvalue weighted by Crippen LogP contribution is 2.39. The molecule has 1 N–H and O–H groups in total. The predicted octanol–water partition coefficient (Wildman–Crippen LogP) is 2.62. The zero-order valence-corrected chi connectivity index (χ0v) is 16.4. The highest BCUT2D eigenvalue weighted by molar-refractivity contribution is 7.75. The van der Waals surface area contributed by atoms with Crippen LogP contribution in [0.2, 0.25) is 0 Å². The lowest BCUT2D eigenvalue weighted by atomic mass is 9.83. The van der Waals surface area contributed by atoms with E-state index in [9.17, 15) is 9.00 Å². The molecule has 0 unspecified atom stereocenters. The van der Waals surface area contributed by atoms with Gasteiger partial charge >= 0.3 is 6.03 Å². The Morgan fingerprint density at radius 1 is 1.36 bits per heavy atom. The average molecular weight is 401 g/mol. The number of hydrogen-bond acceptors (Lipinski definition) is 6. The lowest BCUT2D eigenvalue weighted by molar-refractivity contribution is 0.0920. The standard InChI is InChI=1S/C19H21N4O4S/c1-26-10-13-9-23-18(27-13)16(8-20-23)28(25)22-19(24)21-17-14-4-2-3-11(14)7-12-5-6-15(12)17/h7-8,13H,2-6,9-10H2,1H3,(H,21,24)/q-1/t13-/m1/s1. The van der Waals surface area contributed by atoms with Crippen LogP contribution < -0.4 is 10.1 Å². The van der Waals surface area contributed by atoms with Gasteiger partial charge in [0.15, 0.2) is 5.88 Å². The molecule has 2 aliphatic carbocycles. The molecule has 2 amide bonds. The van der Waals surface area contributed by atoms with Gasteiger partial charge in [-0.05, 0) is 59.3 Å². The maximum Gasteiger partial charge on any atom is 0.322 e. The van der Waals surface area contributed by atoms with Crippen molar-refractivity contribution < 1.29 is 18.5 Å². The lowest BCUT2D eigenvalue weighted by Crippen LogP contribution is -2.20. The number of fused-ring (bicyclic) bond motifs is 3. The van der Waals surface area contributed by atoms with Crippen LogP contribution in [0.1, 0.15) is 28.7 Å². The lowest BCUT2D eigenvalue weighted by Gasteiger charge is -2.25. The van der Waals surface area contributed by atoms with Crippen LogP contribution in [0.15, 0.2) is 21.5 Å². The summed E-state index contributed by atoms with van der Waals surface area (Å²) in [5.41, 5.74) is 5.93. The van der Waals surface area contributed by atoms with Gasteiger partial charge < -0.3 is 23.4 Å². The predicted molar refractivity (Wildman–Crippen MR) is 102 cm³/mol. The summed E-state index contributed by atoms with van der Waals surface area (Å²) in [5.74, 6) is 0.390. The summed E-state index contributed by atoms with van der Waals surface area (Å²) >= 11 is 0. The molecular formula is C19H21N4O4S-. The van der Waals surface area contributed by atoms with E-state index in [4.69, 9.17) is 9.47 Å². The highest BCUT2D eigenvalue weighted by atomic mass is 32.2. The first-order valence-corrected chi connectivity index (χ1v) is 10.6. The van der Waals surface area contributed by atoms with Gasteiger partial charge in [-0.1, -0.05) is 6.07 Å². The van der Waals surface area contributed by atoms with Crippen molar-refractivity contribution in [3.05, 3.63) is 34.5 Å². The Morgan fingerprint density at radius 2 is 2.18 bits per heavy atom. The molecule has 148 valence electrons. The second-order valence-corrected chi connectivity index (χ2v) is 8.46. The fraction of sp³-hybridized carbons (Fsp3) is 0.474. The first kappa shape index (κ1) is 17.7. The number of aryl methyl sites for hydroxylation is 2. The van der Waals surface area contributed by atoms with Crippen molar-refractivity contribution in [2.45, 2.75) is 49.6 Å². The largest absolute Gasteiger partial charge is 0.471 e. The van der Waals surface area contributed by atoms with Gasteiger partial charge in [0.1, 0.15) is 6.10 Å². The molecule has 0 saturated heterocycles. The van der Waals surface area contributed by atoms with E-state index >= 15 is 0 Å². The van der Waals surface area contributed by atoms with Crippen molar-refractivity contribution in [1.29, 1.82) is 0 Å². The second-order valence-electron chi connectivity index (χ2n) is 7.34. The third kappa shape index (κ3) is 2.89. The summed E-state index contributed by atoms with van der Waals surface area (Å²) in [6.07, 6.45) is 6.41. The normalized spacial score (nSPS) is 20.1. The summed E-state index contributed by atoms with van der Waals surface area (Å²) < 4.78 is 28.9. The molecule has 1 aliphatic heterocycles. The van der Waals surface area contributed by atoms with Crippen molar-refractivity contribution in [3.63, 3.8) is 0 Å². The molecule has 0 bridgehead atoms. The Kier molecular flexibility index (Phi) is 4.36. The van der Waals surface area contributed by atoms with Gasteiger partial charge in [0, 0.05) is 19.0 Å². The van der Waals surface area contributed by atoms with Crippen molar-refractivity contribution in [3.8, 4) is 5.88 Å². The zero-order chi connectivity index (χ0) is 19.3. The van der Waals surface area contributed by atoms with Gasteiger partial charge in [-0.15, -0.1) is 10.6 Å². The van der Waals surface area contributed by atoms with Gasteiger partial charge in [0.2, 0.25) is 0 Å². The van der Waals surface area contributed by atoms with Gasteiger partial charge in [0.05, 0.1) is 13.2 Å². The number of rotatable bonds is 4. The Bertz CT molecular complexity index is 1050. The average Bonchev–Trinajstić information content (AvgIpc) is 3.32. The van der Waals surface area contributed by atoms with E-state index in [0.717, 1.165) is 37.8 Å². The SMILES string of the molecule is COC[C@H]1Cn2ncc([S-](=O)=NC(=O)Nc3c4c(cc5c3CC5)CCC4)c2O1. The first-order valence-electron chi connectivity index (χ1n) is 9.46. The van der Waals surface area contributed by atoms with Crippen LogP contribution in [0.25, 0.3) is 0 Å². The number of carbonyl (C=O) groups is 1. The molecule has 0 spiro atoms. The minimum absolute atomic E-state index is 0.177. The molecule has 1 atom stereocenters. The van der Waals surface area contributed by atoms with E-state index in [1.54, 1.807) is 11.8 Å². The minimum Gasteiger partial charge on any atom is -0.471 e. The number of methoxy groups -OCH3 is 1. The van der Waals surface area contributed by atoms with Crippen LogP contribution in [0.3, 0.4) is 0 Å². The summed E-state index contributed by atoms with van der Waals surface area (Å²) in [4.78, 5) is 12.8. The third-order valence-electron chi connectivity index (χ3n) is 5.60. The Morgan fingerprint density at radius 3 is 2.96 bits per heavy atom. The third-order valence-corrected chi connectivity index (χ3v) is 6.59. The number of aromatic nitrogens is 2. The molecule has 2 aromatic rings. The molecule has 0 fully saturated rings. The first-order chi connectivity index (χ1) is 13.6. The molecular weight excluding hydrogens is 380 g/mol. The van der Waals surface area contributed by atoms with Gasteiger partial charge in [-0.2, -0.15) is 5.10 Å². The van der Waals surface area contributed by atoms with E-state index in [-0.39, 0.29) is 6.10 Å². The van der Waals surface area contributed by atoms with Crippen molar-refractivity contribution in [2.24, 2.45) is 4.36 Å². The molecule has 1 aromatic carbocycles. The number of anilines is 1. The fourth-order valence-corrected chi connectivity index (χ4v) is 4.97. The number of urea groups is 1. The van der Waals surface area contributed by atoms with E-state index in [0.29, 0.717) is 23.9 Å².